The molecule has 2 atom stereocenters. The molecule has 0 aliphatic carbocycles. The van der Waals surface area contributed by atoms with Gasteiger partial charge in [0.05, 0.1) is 26.1 Å². The number of carbonyl (C=O) groups is 1. The summed E-state index contributed by atoms with van der Waals surface area (Å²) in [5.41, 5.74) is 3.44. The van der Waals surface area contributed by atoms with E-state index in [4.69, 9.17) is 0 Å². The third-order valence-corrected chi connectivity index (χ3v) is 6.51. The standard InChI is InChI=1S/C27H30N2O/c1-29(21-22-12-5-2-6-13-22)19-11-18-25(29)20-28-27(30)26(23-14-7-3-8-15-23)24-16-9-4-10-17-24/h2-10,12-17,25-26H,11,18-21H2,1H3/p+1/t25-,29?/m0/s1. The smallest absolute Gasteiger partial charge is 0.232 e. The van der Waals surface area contributed by atoms with Crippen LogP contribution in [0.5, 0.6) is 0 Å². The minimum atomic E-state index is -0.276. The molecule has 3 aromatic carbocycles. The molecule has 1 saturated heterocycles. The molecule has 3 nitrogen and oxygen atoms in total. The minimum Gasteiger partial charge on any atom is -0.349 e. The lowest BCUT2D eigenvalue weighted by Gasteiger charge is -2.36. The molecule has 154 valence electrons. The zero-order valence-corrected chi connectivity index (χ0v) is 17.7. The highest BCUT2D eigenvalue weighted by molar-refractivity contribution is 5.87. The van der Waals surface area contributed by atoms with Crippen LogP contribution >= 0.6 is 0 Å². The minimum absolute atomic E-state index is 0.0885. The highest BCUT2D eigenvalue weighted by atomic mass is 16.1. The second kappa shape index (κ2) is 9.27. The molecule has 1 N–H and O–H groups in total. The fraction of sp³-hybridized carbons (Fsp3) is 0.296. The molecule has 1 aliphatic rings. The summed E-state index contributed by atoms with van der Waals surface area (Å²) in [7, 11) is 2.34. The monoisotopic (exact) mass is 399 g/mol. The molecule has 30 heavy (non-hydrogen) atoms. The van der Waals surface area contributed by atoms with Gasteiger partial charge in [0.2, 0.25) is 5.91 Å². The van der Waals surface area contributed by atoms with Crippen LogP contribution in [0.4, 0.5) is 0 Å². The van der Waals surface area contributed by atoms with Crippen molar-refractivity contribution in [3.8, 4) is 0 Å². The number of likely N-dealkylation sites (tertiary alicyclic amines) is 1. The zero-order chi connectivity index (χ0) is 20.8. The summed E-state index contributed by atoms with van der Waals surface area (Å²) in [5, 5.41) is 3.31. The average Bonchev–Trinajstić information content (AvgIpc) is 3.14. The molecule has 1 aliphatic heterocycles. The molecule has 0 aromatic heterocycles. The molecule has 0 radical (unpaired) electrons. The topological polar surface area (TPSA) is 29.1 Å². The molecule has 4 rings (SSSR count). The Morgan fingerprint density at radius 2 is 1.43 bits per heavy atom. The molecule has 1 unspecified atom stereocenters. The molecule has 0 bridgehead atoms. The summed E-state index contributed by atoms with van der Waals surface area (Å²) in [6.45, 7) is 2.90. The first kappa shape index (κ1) is 20.4. The Labute approximate surface area is 180 Å². The van der Waals surface area contributed by atoms with E-state index in [0.717, 1.165) is 41.7 Å². The first-order chi connectivity index (χ1) is 14.7. The van der Waals surface area contributed by atoms with Crippen LogP contribution in [-0.4, -0.2) is 36.6 Å². The van der Waals surface area contributed by atoms with E-state index in [9.17, 15) is 4.79 Å². The van der Waals surface area contributed by atoms with Crippen LogP contribution in [0.15, 0.2) is 91.0 Å². The normalized spacial score (nSPS) is 20.9. The van der Waals surface area contributed by atoms with Gasteiger partial charge in [0, 0.05) is 18.4 Å². The van der Waals surface area contributed by atoms with E-state index in [2.05, 4.69) is 42.7 Å². The van der Waals surface area contributed by atoms with E-state index in [1.807, 2.05) is 60.7 Å². The Hall–Kier alpha value is -2.91. The van der Waals surface area contributed by atoms with Crippen LogP contribution in [0.2, 0.25) is 0 Å². The molecule has 3 heteroatoms. The van der Waals surface area contributed by atoms with Crippen molar-refractivity contribution < 1.29 is 9.28 Å². The number of hydrogen-bond acceptors (Lipinski definition) is 1. The number of nitrogens with zero attached hydrogens (tertiary/aromatic N) is 1. The summed E-state index contributed by atoms with van der Waals surface area (Å²) in [5.74, 6) is -0.188. The molecular weight excluding hydrogens is 368 g/mol. The third kappa shape index (κ3) is 4.63. The van der Waals surface area contributed by atoms with Gasteiger partial charge in [-0.2, -0.15) is 0 Å². The van der Waals surface area contributed by atoms with Gasteiger partial charge in [-0.05, 0) is 11.1 Å². The summed E-state index contributed by atoms with van der Waals surface area (Å²) in [6.07, 6.45) is 2.37. The predicted octanol–water partition coefficient (Wildman–Crippen LogP) is 4.74. The van der Waals surface area contributed by atoms with Crippen LogP contribution in [0.25, 0.3) is 0 Å². The Bertz CT molecular complexity index is 903. The largest absolute Gasteiger partial charge is 0.349 e. The SMILES string of the molecule is C[N+]1(Cc2ccccc2)CCC[C@H]1CNC(=O)C(c1ccccc1)c1ccccc1. The maximum atomic E-state index is 13.4. The zero-order valence-electron chi connectivity index (χ0n) is 17.7. The summed E-state index contributed by atoms with van der Waals surface area (Å²) in [6, 6.07) is 31.3. The second-order valence-corrected chi connectivity index (χ2v) is 8.64. The highest BCUT2D eigenvalue weighted by Crippen LogP contribution is 2.28. The second-order valence-electron chi connectivity index (χ2n) is 8.64. The Morgan fingerprint density at radius 3 is 2.00 bits per heavy atom. The van der Waals surface area contributed by atoms with Gasteiger partial charge in [0.1, 0.15) is 12.6 Å². The molecule has 1 fully saturated rings. The van der Waals surface area contributed by atoms with E-state index in [1.54, 1.807) is 0 Å². The van der Waals surface area contributed by atoms with Gasteiger partial charge < -0.3 is 9.80 Å². The number of benzene rings is 3. The number of rotatable bonds is 7. The van der Waals surface area contributed by atoms with E-state index < -0.39 is 0 Å². The lowest BCUT2D eigenvalue weighted by Crippen LogP contribution is -2.52. The van der Waals surface area contributed by atoms with E-state index >= 15 is 0 Å². The Morgan fingerprint density at radius 1 is 0.900 bits per heavy atom. The van der Waals surface area contributed by atoms with Gasteiger partial charge in [-0.3, -0.25) is 4.79 Å². The molecule has 0 saturated carbocycles. The van der Waals surface area contributed by atoms with Gasteiger partial charge in [0.25, 0.3) is 0 Å². The van der Waals surface area contributed by atoms with Crippen molar-refractivity contribution >= 4 is 5.91 Å². The van der Waals surface area contributed by atoms with Crippen LogP contribution < -0.4 is 5.32 Å². The first-order valence-electron chi connectivity index (χ1n) is 10.9. The summed E-state index contributed by atoms with van der Waals surface area (Å²) in [4.78, 5) is 13.4. The lowest BCUT2D eigenvalue weighted by molar-refractivity contribution is -0.932. The van der Waals surface area contributed by atoms with Crippen molar-refractivity contribution in [1.82, 2.24) is 5.32 Å². The number of hydrogen-bond donors (Lipinski definition) is 1. The summed E-state index contributed by atoms with van der Waals surface area (Å²) >= 11 is 0. The van der Waals surface area contributed by atoms with Crippen LogP contribution in [-0.2, 0) is 11.3 Å². The van der Waals surface area contributed by atoms with E-state index in [1.165, 1.54) is 12.0 Å². The van der Waals surface area contributed by atoms with Crippen molar-refractivity contribution in [2.45, 2.75) is 31.3 Å². The molecular formula is C27H31N2O+. The maximum absolute atomic E-state index is 13.4. The molecule has 1 amide bonds. The van der Waals surface area contributed by atoms with E-state index in [-0.39, 0.29) is 11.8 Å². The molecule has 0 spiro atoms. The van der Waals surface area contributed by atoms with Crippen molar-refractivity contribution in [1.29, 1.82) is 0 Å². The van der Waals surface area contributed by atoms with Crippen LogP contribution in [0.1, 0.15) is 35.4 Å². The fourth-order valence-corrected chi connectivity index (χ4v) is 4.82. The molecule has 3 aromatic rings. The highest BCUT2D eigenvalue weighted by Gasteiger charge is 2.38. The Balaban J connectivity index is 1.48. The maximum Gasteiger partial charge on any atom is 0.232 e. The number of likely N-dealkylation sites (N-methyl/N-ethyl adjacent to an activating group) is 1. The average molecular weight is 400 g/mol. The van der Waals surface area contributed by atoms with Crippen molar-refractivity contribution in [2.24, 2.45) is 0 Å². The predicted molar refractivity (Wildman–Crippen MR) is 122 cm³/mol. The van der Waals surface area contributed by atoms with E-state index in [0.29, 0.717) is 6.04 Å². The number of amides is 1. The number of nitrogens with one attached hydrogen (secondary N) is 1. The third-order valence-electron chi connectivity index (χ3n) is 6.51. The van der Waals surface area contributed by atoms with Gasteiger partial charge in [-0.15, -0.1) is 0 Å². The first-order valence-corrected chi connectivity index (χ1v) is 10.9. The number of quaternary nitrogens is 1. The Kier molecular flexibility index (Phi) is 6.29. The van der Waals surface area contributed by atoms with Gasteiger partial charge in [-0.25, -0.2) is 0 Å². The van der Waals surface area contributed by atoms with Gasteiger partial charge in [-0.1, -0.05) is 91.0 Å². The lowest BCUT2D eigenvalue weighted by atomic mass is 9.90. The number of carbonyl (C=O) groups excluding carboxylic acids is 1. The fourth-order valence-electron chi connectivity index (χ4n) is 4.82. The quantitative estimate of drug-likeness (QED) is 0.571. The molecule has 1 heterocycles. The summed E-state index contributed by atoms with van der Waals surface area (Å²) < 4.78 is 0.992. The van der Waals surface area contributed by atoms with Gasteiger partial charge >= 0.3 is 0 Å². The van der Waals surface area contributed by atoms with Crippen LogP contribution in [0, 0.1) is 0 Å². The van der Waals surface area contributed by atoms with Crippen molar-refractivity contribution in [3.05, 3.63) is 108 Å². The van der Waals surface area contributed by atoms with Crippen molar-refractivity contribution in [2.75, 3.05) is 20.1 Å². The van der Waals surface area contributed by atoms with Crippen LogP contribution in [0.3, 0.4) is 0 Å². The van der Waals surface area contributed by atoms with Gasteiger partial charge in [0.15, 0.2) is 0 Å². The van der Waals surface area contributed by atoms with Crippen molar-refractivity contribution in [3.63, 3.8) is 0 Å².